The maximum absolute atomic E-state index is 5.32. The summed E-state index contributed by atoms with van der Waals surface area (Å²) >= 11 is 0. The predicted octanol–water partition coefficient (Wildman–Crippen LogP) is 1.80. The van der Waals surface area contributed by atoms with Gasteiger partial charge in [-0.05, 0) is 25.2 Å². The summed E-state index contributed by atoms with van der Waals surface area (Å²) in [4.78, 5) is 0. The van der Waals surface area contributed by atoms with Gasteiger partial charge in [-0.1, -0.05) is 13.8 Å². The second-order valence-electron chi connectivity index (χ2n) is 3.65. The summed E-state index contributed by atoms with van der Waals surface area (Å²) in [6.07, 6.45) is 3.72. The average Bonchev–Trinajstić information content (AvgIpc) is 2.59. The molecule has 1 fully saturated rings. The minimum Gasteiger partial charge on any atom is -0.381 e. The van der Waals surface area contributed by atoms with E-state index < -0.39 is 0 Å². The van der Waals surface area contributed by atoms with E-state index in [-0.39, 0.29) is 0 Å². The van der Waals surface area contributed by atoms with Crippen LogP contribution < -0.4 is 5.32 Å². The molecule has 0 amide bonds. The van der Waals surface area contributed by atoms with Crippen LogP contribution in [0.2, 0.25) is 0 Å². The highest BCUT2D eigenvalue weighted by Crippen LogP contribution is 2.11. The fraction of sp³-hybridized carbons (Fsp3) is 1.00. The molecule has 1 rings (SSSR count). The van der Waals surface area contributed by atoms with E-state index in [9.17, 15) is 0 Å². The molecule has 0 aromatic heterocycles. The Labute approximate surface area is 75.7 Å². The summed E-state index contributed by atoms with van der Waals surface area (Å²) in [6, 6.07) is 0.714. The Balaban J connectivity index is 2.06. The normalized spacial score (nSPS) is 23.8. The van der Waals surface area contributed by atoms with Gasteiger partial charge in [0.15, 0.2) is 0 Å². The quantitative estimate of drug-likeness (QED) is 0.681. The minimum absolute atomic E-state index is 0.714. The van der Waals surface area contributed by atoms with Crippen LogP contribution in [-0.2, 0) is 4.74 Å². The number of ether oxygens (including phenoxy) is 1. The fourth-order valence-electron chi connectivity index (χ4n) is 1.66. The molecule has 0 saturated carbocycles. The molecule has 0 aromatic rings. The Morgan fingerprint density at radius 3 is 2.67 bits per heavy atom. The monoisotopic (exact) mass is 171 g/mol. The maximum Gasteiger partial charge on any atom is 0.0507 e. The number of nitrogens with one attached hydrogen (secondary N) is 1. The zero-order valence-electron chi connectivity index (χ0n) is 8.31. The van der Waals surface area contributed by atoms with Gasteiger partial charge in [0.2, 0.25) is 0 Å². The van der Waals surface area contributed by atoms with Gasteiger partial charge >= 0.3 is 0 Å². The Hall–Kier alpha value is -0.0800. The van der Waals surface area contributed by atoms with E-state index in [4.69, 9.17) is 4.74 Å². The topological polar surface area (TPSA) is 21.3 Å². The first-order valence-corrected chi connectivity index (χ1v) is 5.18. The molecular weight excluding hydrogens is 150 g/mol. The molecule has 72 valence electrons. The summed E-state index contributed by atoms with van der Waals surface area (Å²) in [5.74, 6) is 0.769. The summed E-state index contributed by atoms with van der Waals surface area (Å²) in [5.41, 5.74) is 0. The molecule has 0 radical (unpaired) electrons. The van der Waals surface area contributed by atoms with Gasteiger partial charge in [0.1, 0.15) is 0 Å². The lowest BCUT2D eigenvalue weighted by molar-refractivity contribution is 0.184. The highest BCUT2D eigenvalue weighted by molar-refractivity contribution is 4.70. The van der Waals surface area contributed by atoms with E-state index in [1.807, 2.05) is 0 Å². The lowest BCUT2D eigenvalue weighted by Gasteiger charge is -2.16. The lowest BCUT2D eigenvalue weighted by Crippen LogP contribution is -2.32. The van der Waals surface area contributed by atoms with E-state index in [1.54, 1.807) is 0 Å². The van der Waals surface area contributed by atoms with Gasteiger partial charge in [0, 0.05) is 19.2 Å². The van der Waals surface area contributed by atoms with E-state index in [0.717, 1.165) is 25.7 Å². The van der Waals surface area contributed by atoms with Crippen LogP contribution in [0.25, 0.3) is 0 Å². The Morgan fingerprint density at radius 1 is 1.42 bits per heavy atom. The van der Waals surface area contributed by atoms with Crippen LogP contribution in [-0.4, -0.2) is 25.8 Å². The molecule has 0 aromatic carbocycles. The Morgan fingerprint density at radius 2 is 2.17 bits per heavy atom. The van der Waals surface area contributed by atoms with Crippen molar-refractivity contribution in [3.05, 3.63) is 0 Å². The van der Waals surface area contributed by atoms with Gasteiger partial charge in [-0.15, -0.1) is 0 Å². The molecule has 1 unspecified atom stereocenters. The number of hydrogen-bond donors (Lipinski definition) is 1. The fourth-order valence-corrected chi connectivity index (χ4v) is 1.66. The van der Waals surface area contributed by atoms with Gasteiger partial charge in [-0.25, -0.2) is 0 Å². The third-order valence-corrected chi connectivity index (χ3v) is 2.70. The molecule has 1 aliphatic heterocycles. The highest BCUT2D eigenvalue weighted by Gasteiger charge is 2.15. The first kappa shape index (κ1) is 10.0. The second-order valence-corrected chi connectivity index (χ2v) is 3.65. The maximum atomic E-state index is 5.32. The largest absolute Gasteiger partial charge is 0.381 e. The molecule has 0 spiro atoms. The minimum atomic E-state index is 0.714. The van der Waals surface area contributed by atoms with Crippen molar-refractivity contribution in [1.82, 2.24) is 5.32 Å². The molecule has 0 aliphatic carbocycles. The molecule has 1 N–H and O–H groups in total. The molecule has 0 bridgehead atoms. The van der Waals surface area contributed by atoms with Gasteiger partial charge in [-0.2, -0.15) is 0 Å². The molecular formula is C10H21NO. The molecule has 2 heteroatoms. The van der Waals surface area contributed by atoms with Gasteiger partial charge < -0.3 is 10.1 Å². The second kappa shape index (κ2) is 5.55. The predicted molar refractivity (Wildman–Crippen MR) is 51.3 cm³/mol. The highest BCUT2D eigenvalue weighted by atomic mass is 16.5. The lowest BCUT2D eigenvalue weighted by atomic mass is 10.1. The van der Waals surface area contributed by atoms with Crippen molar-refractivity contribution in [2.75, 3.05) is 19.8 Å². The SMILES string of the molecule is CCC(CC)NCC1CCOC1. The molecule has 2 nitrogen and oxygen atoms in total. The molecule has 1 aliphatic rings. The van der Waals surface area contributed by atoms with Crippen molar-refractivity contribution < 1.29 is 4.74 Å². The summed E-state index contributed by atoms with van der Waals surface area (Å²) < 4.78 is 5.32. The van der Waals surface area contributed by atoms with Crippen molar-refractivity contribution in [2.45, 2.75) is 39.2 Å². The number of rotatable bonds is 5. The van der Waals surface area contributed by atoms with Crippen molar-refractivity contribution in [2.24, 2.45) is 5.92 Å². The van der Waals surface area contributed by atoms with Crippen LogP contribution >= 0.6 is 0 Å². The van der Waals surface area contributed by atoms with Crippen molar-refractivity contribution in [3.63, 3.8) is 0 Å². The van der Waals surface area contributed by atoms with E-state index >= 15 is 0 Å². The Bertz CT molecular complexity index is 104. The van der Waals surface area contributed by atoms with E-state index in [1.165, 1.54) is 19.3 Å². The van der Waals surface area contributed by atoms with E-state index in [0.29, 0.717) is 6.04 Å². The van der Waals surface area contributed by atoms with Crippen LogP contribution in [0.4, 0.5) is 0 Å². The van der Waals surface area contributed by atoms with E-state index in [2.05, 4.69) is 19.2 Å². The van der Waals surface area contributed by atoms with Crippen molar-refractivity contribution in [3.8, 4) is 0 Å². The number of hydrogen-bond acceptors (Lipinski definition) is 2. The Kier molecular flexibility index (Phi) is 4.62. The summed E-state index contributed by atoms with van der Waals surface area (Å²) in [5, 5.41) is 3.58. The zero-order chi connectivity index (χ0) is 8.81. The first-order chi connectivity index (χ1) is 5.86. The molecule has 12 heavy (non-hydrogen) atoms. The third kappa shape index (κ3) is 3.11. The first-order valence-electron chi connectivity index (χ1n) is 5.18. The van der Waals surface area contributed by atoms with Crippen LogP contribution in [0.5, 0.6) is 0 Å². The summed E-state index contributed by atoms with van der Waals surface area (Å²) in [7, 11) is 0. The average molecular weight is 171 g/mol. The van der Waals surface area contributed by atoms with Crippen LogP contribution in [0.3, 0.4) is 0 Å². The standard InChI is InChI=1S/C10H21NO/c1-3-10(4-2)11-7-9-5-6-12-8-9/h9-11H,3-8H2,1-2H3. The molecule has 1 heterocycles. The summed E-state index contributed by atoms with van der Waals surface area (Å²) in [6.45, 7) is 7.56. The smallest absolute Gasteiger partial charge is 0.0507 e. The van der Waals surface area contributed by atoms with Crippen molar-refractivity contribution >= 4 is 0 Å². The third-order valence-electron chi connectivity index (χ3n) is 2.70. The zero-order valence-corrected chi connectivity index (χ0v) is 8.31. The molecule has 1 saturated heterocycles. The van der Waals surface area contributed by atoms with Crippen molar-refractivity contribution in [1.29, 1.82) is 0 Å². The van der Waals surface area contributed by atoms with Crippen LogP contribution in [0.1, 0.15) is 33.1 Å². The van der Waals surface area contributed by atoms with Gasteiger partial charge in [0.05, 0.1) is 6.61 Å². The van der Waals surface area contributed by atoms with Gasteiger partial charge in [0.25, 0.3) is 0 Å². The molecule has 1 atom stereocenters. The van der Waals surface area contributed by atoms with Crippen LogP contribution in [0, 0.1) is 5.92 Å². The van der Waals surface area contributed by atoms with Gasteiger partial charge in [-0.3, -0.25) is 0 Å². The van der Waals surface area contributed by atoms with Crippen LogP contribution in [0.15, 0.2) is 0 Å².